The molecule has 0 amide bonds. The molecule has 0 bridgehead atoms. The third kappa shape index (κ3) is 3.49. The van der Waals surface area contributed by atoms with Gasteiger partial charge in [-0.05, 0) is 41.9 Å². The van der Waals surface area contributed by atoms with E-state index in [2.05, 4.69) is 21.2 Å². The lowest BCUT2D eigenvalue weighted by atomic mass is 10.2. The van der Waals surface area contributed by atoms with E-state index in [1.807, 2.05) is 19.9 Å². The predicted molar refractivity (Wildman–Crippen MR) is 82.2 cm³/mol. The number of halogens is 2. The largest absolute Gasteiger partial charge is 0.311 e. The Morgan fingerprint density at radius 1 is 1.32 bits per heavy atom. The van der Waals surface area contributed by atoms with Crippen molar-refractivity contribution in [3.05, 3.63) is 28.7 Å². The Bertz CT molecular complexity index is 538. The quantitative estimate of drug-likeness (QED) is 0.870. The third-order valence-electron chi connectivity index (χ3n) is 3.13. The molecule has 0 radical (unpaired) electrons. The van der Waals surface area contributed by atoms with E-state index in [1.54, 1.807) is 22.5 Å². The smallest absolute Gasteiger partial charge is 0.244 e. The van der Waals surface area contributed by atoms with Gasteiger partial charge in [0.05, 0.1) is 4.90 Å². The summed E-state index contributed by atoms with van der Waals surface area (Å²) in [5.41, 5.74) is 0. The van der Waals surface area contributed by atoms with Crippen molar-refractivity contribution in [2.75, 3.05) is 13.1 Å². The molecule has 0 aliphatic carbocycles. The van der Waals surface area contributed by atoms with Crippen molar-refractivity contribution >= 4 is 38.4 Å². The first-order valence-electron chi connectivity index (χ1n) is 5.92. The van der Waals surface area contributed by atoms with Crippen LogP contribution in [0, 0.1) is 0 Å². The minimum Gasteiger partial charge on any atom is -0.311 e. The average Bonchev–Trinajstić information content (AvgIpc) is 2.32. The Morgan fingerprint density at radius 2 is 1.95 bits per heavy atom. The Balaban J connectivity index is 0.00000180. The highest BCUT2D eigenvalue weighted by Crippen LogP contribution is 2.26. The normalized spacial score (nSPS) is 24.8. The molecule has 1 aliphatic rings. The van der Waals surface area contributed by atoms with Crippen LogP contribution in [0.3, 0.4) is 0 Å². The summed E-state index contributed by atoms with van der Waals surface area (Å²) in [4.78, 5) is 0.339. The molecule has 108 valence electrons. The molecule has 19 heavy (non-hydrogen) atoms. The number of nitrogens with one attached hydrogen (secondary N) is 1. The topological polar surface area (TPSA) is 49.4 Å². The average molecular weight is 370 g/mol. The molecule has 4 nitrogen and oxygen atoms in total. The van der Waals surface area contributed by atoms with Gasteiger partial charge < -0.3 is 5.32 Å². The van der Waals surface area contributed by atoms with Gasteiger partial charge in [0.25, 0.3) is 0 Å². The van der Waals surface area contributed by atoms with Gasteiger partial charge in [-0.1, -0.05) is 12.1 Å². The molecule has 1 N–H and O–H groups in total. The number of benzene rings is 1. The number of piperazine rings is 1. The van der Waals surface area contributed by atoms with Crippen molar-refractivity contribution in [3.63, 3.8) is 0 Å². The van der Waals surface area contributed by atoms with E-state index < -0.39 is 10.0 Å². The Labute approximate surface area is 129 Å². The van der Waals surface area contributed by atoms with Crippen LogP contribution in [-0.2, 0) is 10.0 Å². The standard InChI is InChI=1S/C12H17BrN2O2S.ClH/c1-9-8-15(10(2)7-14-9)18(16,17)12-6-4-3-5-11(12)13;/h3-6,9-10,14H,7-8H2,1-2H3;1H. The van der Waals surface area contributed by atoms with E-state index >= 15 is 0 Å². The lowest BCUT2D eigenvalue weighted by Gasteiger charge is -2.36. The van der Waals surface area contributed by atoms with E-state index in [4.69, 9.17) is 0 Å². The SMILES string of the molecule is CC1CN(S(=O)(=O)c2ccccc2Br)C(C)CN1.Cl. The summed E-state index contributed by atoms with van der Waals surface area (Å²) in [5, 5.41) is 3.28. The van der Waals surface area contributed by atoms with E-state index in [9.17, 15) is 8.42 Å². The van der Waals surface area contributed by atoms with Gasteiger partial charge >= 0.3 is 0 Å². The Hall–Kier alpha value is -0.140. The molecule has 1 aromatic rings. The van der Waals surface area contributed by atoms with Gasteiger partial charge in [0.1, 0.15) is 0 Å². The van der Waals surface area contributed by atoms with Crippen molar-refractivity contribution in [1.82, 2.24) is 9.62 Å². The van der Waals surface area contributed by atoms with Crippen LogP contribution in [0.5, 0.6) is 0 Å². The van der Waals surface area contributed by atoms with Gasteiger partial charge in [0.2, 0.25) is 10.0 Å². The van der Waals surface area contributed by atoms with Crippen LogP contribution < -0.4 is 5.32 Å². The second-order valence-electron chi connectivity index (χ2n) is 4.66. The molecule has 1 aromatic carbocycles. The maximum absolute atomic E-state index is 12.6. The molecule has 0 spiro atoms. The zero-order chi connectivity index (χ0) is 13.3. The second-order valence-corrected chi connectivity index (χ2v) is 7.38. The highest BCUT2D eigenvalue weighted by molar-refractivity contribution is 9.10. The lowest BCUT2D eigenvalue weighted by molar-refractivity contribution is 0.244. The Kier molecular flexibility index (Phi) is 5.82. The van der Waals surface area contributed by atoms with Gasteiger partial charge in [-0.3, -0.25) is 0 Å². The highest BCUT2D eigenvalue weighted by Gasteiger charge is 2.34. The summed E-state index contributed by atoms with van der Waals surface area (Å²) in [6.45, 7) is 5.11. The molecule has 1 heterocycles. The lowest BCUT2D eigenvalue weighted by Crippen LogP contribution is -2.56. The van der Waals surface area contributed by atoms with E-state index in [1.165, 1.54) is 0 Å². The molecular formula is C12H18BrClN2O2S. The third-order valence-corrected chi connectivity index (χ3v) is 6.12. The van der Waals surface area contributed by atoms with Crippen molar-refractivity contribution in [1.29, 1.82) is 0 Å². The van der Waals surface area contributed by atoms with Crippen molar-refractivity contribution in [3.8, 4) is 0 Å². The Morgan fingerprint density at radius 3 is 2.58 bits per heavy atom. The fourth-order valence-electron chi connectivity index (χ4n) is 2.10. The summed E-state index contributed by atoms with van der Waals surface area (Å²) in [6.07, 6.45) is 0. The molecule has 1 aliphatic heterocycles. The fraction of sp³-hybridized carbons (Fsp3) is 0.500. The van der Waals surface area contributed by atoms with Gasteiger partial charge in [-0.2, -0.15) is 4.31 Å². The summed E-state index contributed by atoms with van der Waals surface area (Å²) < 4.78 is 27.5. The first-order chi connectivity index (χ1) is 8.43. The maximum atomic E-state index is 12.6. The zero-order valence-corrected chi connectivity index (χ0v) is 14.1. The van der Waals surface area contributed by atoms with Gasteiger partial charge in [0.15, 0.2) is 0 Å². The minimum absolute atomic E-state index is 0. The number of nitrogens with zero attached hydrogens (tertiary/aromatic N) is 1. The number of rotatable bonds is 2. The van der Waals surface area contributed by atoms with Crippen LogP contribution in [0.4, 0.5) is 0 Å². The summed E-state index contributed by atoms with van der Waals surface area (Å²) >= 11 is 3.31. The highest BCUT2D eigenvalue weighted by atomic mass is 79.9. The molecule has 1 fully saturated rings. The monoisotopic (exact) mass is 368 g/mol. The minimum atomic E-state index is -3.43. The first-order valence-corrected chi connectivity index (χ1v) is 8.16. The van der Waals surface area contributed by atoms with Crippen LogP contribution in [0.25, 0.3) is 0 Å². The van der Waals surface area contributed by atoms with E-state index in [-0.39, 0.29) is 24.5 Å². The van der Waals surface area contributed by atoms with Gasteiger partial charge in [-0.25, -0.2) is 8.42 Å². The predicted octanol–water partition coefficient (Wildman–Crippen LogP) is 2.24. The summed E-state index contributed by atoms with van der Waals surface area (Å²) in [7, 11) is -3.43. The zero-order valence-electron chi connectivity index (χ0n) is 10.8. The van der Waals surface area contributed by atoms with Crippen LogP contribution in [0.1, 0.15) is 13.8 Å². The van der Waals surface area contributed by atoms with Crippen molar-refractivity contribution < 1.29 is 8.42 Å². The first kappa shape index (κ1) is 16.9. The number of sulfonamides is 1. The molecule has 1 saturated heterocycles. The van der Waals surface area contributed by atoms with Crippen molar-refractivity contribution in [2.45, 2.75) is 30.8 Å². The second kappa shape index (κ2) is 6.54. The molecule has 0 aromatic heterocycles. The van der Waals surface area contributed by atoms with Crippen molar-refractivity contribution in [2.24, 2.45) is 0 Å². The number of hydrogen-bond acceptors (Lipinski definition) is 3. The summed E-state index contributed by atoms with van der Waals surface area (Å²) in [5.74, 6) is 0. The molecular weight excluding hydrogens is 352 g/mol. The summed E-state index contributed by atoms with van der Waals surface area (Å²) in [6, 6.07) is 7.10. The molecule has 7 heteroatoms. The van der Waals surface area contributed by atoms with Crippen LogP contribution >= 0.6 is 28.3 Å². The van der Waals surface area contributed by atoms with Crippen LogP contribution in [-0.4, -0.2) is 37.9 Å². The van der Waals surface area contributed by atoms with Gasteiger partial charge in [-0.15, -0.1) is 12.4 Å². The van der Waals surface area contributed by atoms with E-state index in [0.717, 1.165) is 0 Å². The molecule has 0 saturated carbocycles. The van der Waals surface area contributed by atoms with Crippen LogP contribution in [0.15, 0.2) is 33.6 Å². The fourth-order valence-corrected chi connectivity index (χ4v) is 4.79. The van der Waals surface area contributed by atoms with E-state index in [0.29, 0.717) is 22.5 Å². The molecule has 2 unspecified atom stereocenters. The molecule has 2 rings (SSSR count). The van der Waals surface area contributed by atoms with Crippen LogP contribution in [0.2, 0.25) is 0 Å². The maximum Gasteiger partial charge on any atom is 0.244 e. The molecule has 2 atom stereocenters. The number of hydrogen-bond donors (Lipinski definition) is 1. The van der Waals surface area contributed by atoms with Gasteiger partial charge in [0, 0.05) is 29.6 Å².